The van der Waals surface area contributed by atoms with Crippen molar-refractivity contribution in [3.63, 3.8) is 0 Å². The van der Waals surface area contributed by atoms with Gasteiger partial charge in [0.25, 0.3) is 0 Å². The highest BCUT2D eigenvalue weighted by Gasteiger charge is 2.04. The highest BCUT2D eigenvalue weighted by atomic mass is 32.4. The molecule has 0 rings (SSSR count). The van der Waals surface area contributed by atoms with E-state index in [-0.39, 0.29) is 6.70 Å². The average Bonchev–Trinajstić information content (AvgIpc) is 1.89. The Bertz CT molecular complexity index is 110. The van der Waals surface area contributed by atoms with Gasteiger partial charge in [0.2, 0.25) is 0 Å². The van der Waals surface area contributed by atoms with E-state index < -0.39 is 0 Å². The Morgan fingerprint density at radius 3 is 2.70 bits per heavy atom. The maximum Gasteiger partial charge on any atom is 0.179 e. The van der Waals surface area contributed by atoms with Crippen molar-refractivity contribution in [2.24, 2.45) is 0 Å². The summed E-state index contributed by atoms with van der Waals surface area (Å²) in [7, 11) is 0. The van der Waals surface area contributed by atoms with Crippen molar-refractivity contribution in [2.45, 2.75) is 26.2 Å². The molecule has 0 fully saturated rings. The molecule has 0 aliphatic carbocycles. The van der Waals surface area contributed by atoms with Gasteiger partial charge in [0.05, 0.1) is 0 Å². The zero-order valence-electron chi connectivity index (χ0n) is 6.68. The van der Waals surface area contributed by atoms with Gasteiger partial charge in [0.15, 0.2) is 18.5 Å². The fourth-order valence-electron chi connectivity index (χ4n) is 0.773. The zero-order valence-corrected chi connectivity index (χ0v) is 8.39. The minimum Gasteiger partial charge on any atom is -0.0990 e. The maximum absolute atomic E-state index is 5.24. The molecule has 0 amide bonds. The molecule has 0 nitrogen and oxygen atoms in total. The summed E-state index contributed by atoms with van der Waals surface area (Å²) in [4.78, 5) is 0. The summed E-state index contributed by atoms with van der Waals surface area (Å²) in [6.07, 6.45) is 8.22. The quantitative estimate of drug-likeness (QED) is 0.339. The van der Waals surface area contributed by atoms with Crippen molar-refractivity contribution in [1.82, 2.24) is 0 Å². The van der Waals surface area contributed by atoms with Crippen molar-refractivity contribution in [3.8, 4) is 0 Å². The second kappa shape index (κ2) is 7.37. The Balaban J connectivity index is 3.13. The Morgan fingerprint density at radius 2 is 2.20 bits per heavy atom. The molecule has 0 aromatic rings. The van der Waals surface area contributed by atoms with E-state index in [4.69, 9.17) is 11.8 Å². The van der Waals surface area contributed by atoms with Crippen molar-refractivity contribution < 1.29 is 0 Å². The first-order valence-electron chi connectivity index (χ1n) is 3.84. The predicted octanol–water partition coefficient (Wildman–Crippen LogP) is 3.31. The van der Waals surface area contributed by atoms with Crippen molar-refractivity contribution >= 4 is 18.5 Å². The molecule has 0 N–H and O–H groups in total. The summed E-state index contributed by atoms with van der Waals surface area (Å²) in [5.41, 5.74) is 0. The van der Waals surface area contributed by atoms with Gasteiger partial charge in [-0.2, -0.15) is 0 Å². The van der Waals surface area contributed by atoms with Crippen LogP contribution in [0.25, 0.3) is 0 Å². The monoisotopic (exact) mass is 175 g/mol. The molecule has 0 saturated heterocycles. The van der Waals surface area contributed by atoms with E-state index in [1.807, 2.05) is 6.08 Å². The summed E-state index contributed by atoms with van der Waals surface area (Å²) < 4.78 is 0. The van der Waals surface area contributed by atoms with Crippen LogP contribution in [0.2, 0.25) is 0 Å². The average molecular weight is 175 g/mol. The van der Waals surface area contributed by atoms with E-state index in [2.05, 4.69) is 13.5 Å². The molecule has 0 aliphatic heterocycles. The van der Waals surface area contributed by atoms with Crippen LogP contribution >= 0.6 is 6.70 Å². The highest BCUT2D eigenvalue weighted by Crippen LogP contribution is 2.22. The summed E-state index contributed by atoms with van der Waals surface area (Å²) in [5.74, 6) is 0. The summed E-state index contributed by atoms with van der Waals surface area (Å²) >= 11 is 5.24. The minimum atomic E-state index is -0.127. The maximum atomic E-state index is 5.24. The summed E-state index contributed by atoms with van der Waals surface area (Å²) in [6.45, 7) is 5.77. The van der Waals surface area contributed by atoms with E-state index in [1.165, 1.54) is 25.4 Å². The van der Waals surface area contributed by atoms with Crippen LogP contribution in [0.5, 0.6) is 0 Å². The largest absolute Gasteiger partial charge is 0.179 e. The van der Waals surface area contributed by atoms with Crippen LogP contribution in [0.4, 0.5) is 0 Å². The van der Waals surface area contributed by atoms with Gasteiger partial charge in [-0.1, -0.05) is 19.9 Å². The van der Waals surface area contributed by atoms with Crippen LogP contribution in [0.15, 0.2) is 12.7 Å². The minimum absolute atomic E-state index is 0.127. The van der Waals surface area contributed by atoms with Crippen LogP contribution in [0, 0.1) is 0 Å². The first kappa shape index (κ1) is 10.3. The Hall–Kier alpha value is 0.260. The van der Waals surface area contributed by atoms with Crippen molar-refractivity contribution in [2.75, 3.05) is 12.3 Å². The molecule has 0 aromatic carbocycles. The third-order valence-corrected chi connectivity index (χ3v) is 3.82. The van der Waals surface area contributed by atoms with E-state index in [9.17, 15) is 0 Å². The highest BCUT2D eigenvalue weighted by molar-refractivity contribution is 8.05. The number of allylic oxidation sites excluding steroid dienone is 1. The first-order valence-corrected chi connectivity index (χ1v) is 6.56. The first-order chi connectivity index (χ1) is 4.81. The molecule has 0 aliphatic rings. The van der Waals surface area contributed by atoms with Crippen molar-refractivity contribution in [1.29, 1.82) is 0 Å². The van der Waals surface area contributed by atoms with Crippen LogP contribution in [-0.2, 0) is 11.8 Å². The van der Waals surface area contributed by atoms with Crippen LogP contribution in [-0.4, -0.2) is 12.3 Å². The molecule has 1 unspecified atom stereocenters. The van der Waals surface area contributed by atoms with E-state index in [1.54, 1.807) is 0 Å². The third kappa shape index (κ3) is 6.38. The lowest BCUT2D eigenvalue weighted by atomic mass is 10.3. The lowest BCUT2D eigenvalue weighted by molar-refractivity contribution is 0.777. The van der Waals surface area contributed by atoms with Gasteiger partial charge >= 0.3 is 0 Å². The molecule has 0 bridgehead atoms. The van der Waals surface area contributed by atoms with Crippen LogP contribution in [0.1, 0.15) is 26.2 Å². The number of hydrogen-bond acceptors (Lipinski definition) is 1. The van der Waals surface area contributed by atoms with Gasteiger partial charge in [-0.15, -0.1) is 0 Å². The second-order valence-corrected chi connectivity index (χ2v) is 5.71. The van der Waals surface area contributed by atoms with E-state index in [0.29, 0.717) is 0 Å². The van der Waals surface area contributed by atoms with Gasteiger partial charge in [-0.25, -0.2) is 0 Å². The van der Waals surface area contributed by atoms with Crippen LogP contribution in [0.3, 0.4) is 0 Å². The fourth-order valence-corrected chi connectivity index (χ4v) is 2.52. The molecule has 0 aromatic heterocycles. The second-order valence-electron chi connectivity index (χ2n) is 2.38. The number of hydrogen-bond donors (Lipinski definition) is 0. The van der Waals surface area contributed by atoms with Gasteiger partial charge in [-0.05, 0) is 18.9 Å². The molecule has 0 heterocycles. The molecule has 1 atom stereocenters. The summed E-state index contributed by atoms with van der Waals surface area (Å²) in [6, 6.07) is 0. The lowest BCUT2D eigenvalue weighted by Crippen LogP contribution is -1.80. The lowest BCUT2D eigenvalue weighted by Gasteiger charge is -1.88. The molecule has 10 heavy (non-hydrogen) atoms. The normalized spacial score (nSPS) is 11.1. The predicted molar refractivity (Wildman–Crippen MR) is 53.7 cm³/mol. The fraction of sp³-hybridized carbons (Fsp3) is 0.750. The summed E-state index contributed by atoms with van der Waals surface area (Å²) in [5, 5.41) is 0. The number of rotatable bonds is 6. The topological polar surface area (TPSA) is 0 Å². The zero-order chi connectivity index (χ0) is 7.82. The van der Waals surface area contributed by atoms with Gasteiger partial charge in [0, 0.05) is 0 Å². The Kier molecular flexibility index (Phi) is 7.56. The Labute approximate surface area is 70.1 Å². The molecule has 58 valence electrons. The molecule has 0 saturated carbocycles. The smallest absolute Gasteiger partial charge is 0.0990 e. The number of unbranched alkanes of at least 4 members (excludes halogenated alkanes) is 2. The van der Waals surface area contributed by atoms with Crippen molar-refractivity contribution in [3.05, 3.63) is 12.7 Å². The standard InChI is InChI=1S/C8H16PS/c1-3-5-6-8-9(10)7-4-2/h4H,2-3,5-8H2,1H3/q+1. The van der Waals surface area contributed by atoms with Gasteiger partial charge in [0.1, 0.15) is 12.3 Å². The third-order valence-electron chi connectivity index (χ3n) is 1.34. The molecular weight excluding hydrogens is 159 g/mol. The molecule has 0 radical (unpaired) electrons. The van der Waals surface area contributed by atoms with E-state index in [0.717, 1.165) is 6.16 Å². The van der Waals surface area contributed by atoms with Crippen LogP contribution < -0.4 is 0 Å². The van der Waals surface area contributed by atoms with Gasteiger partial charge < -0.3 is 0 Å². The molecular formula is C8H16PS+. The molecule has 0 spiro atoms. The molecule has 2 heteroatoms. The Morgan fingerprint density at radius 1 is 1.50 bits per heavy atom. The van der Waals surface area contributed by atoms with Gasteiger partial charge in [-0.3, -0.25) is 0 Å². The van der Waals surface area contributed by atoms with E-state index >= 15 is 0 Å². The SMILES string of the molecule is C=CC[P+](=S)CCCCC.